The van der Waals surface area contributed by atoms with Crippen LogP contribution in [0.1, 0.15) is 6.42 Å². The van der Waals surface area contributed by atoms with Gasteiger partial charge in [-0.15, -0.1) is 0 Å². The number of carboxylic acid groups (broad SMARTS) is 1. The fraction of sp³-hybridized carbons (Fsp3) is 0.500. The molecule has 0 spiro atoms. The van der Waals surface area contributed by atoms with Gasteiger partial charge < -0.3 is 25.0 Å². The Morgan fingerprint density at radius 3 is 2.62 bits per heavy atom. The first-order chi connectivity index (χ1) is 11.5. The maximum Gasteiger partial charge on any atom is 0.318 e. The van der Waals surface area contributed by atoms with Crippen LogP contribution in [0.2, 0.25) is 5.02 Å². The molecule has 0 bridgehead atoms. The molecule has 1 aliphatic rings. The Bertz CT molecular complexity index is 579. The minimum Gasteiger partial charge on any atom is -0.548 e. The maximum absolute atomic E-state index is 12.3. The van der Waals surface area contributed by atoms with E-state index >= 15 is 0 Å². The molecule has 1 heterocycles. The predicted octanol–water partition coefficient (Wildman–Crippen LogP) is 1.04. The van der Waals surface area contributed by atoms with Crippen molar-refractivity contribution in [2.45, 2.75) is 12.5 Å². The molecule has 1 saturated heterocycles. The first-order valence-corrected chi connectivity index (χ1v) is 9.54. The van der Waals surface area contributed by atoms with Crippen LogP contribution >= 0.6 is 23.4 Å². The van der Waals surface area contributed by atoms with E-state index in [-0.39, 0.29) is 6.03 Å². The normalized spacial score (nSPS) is 15.9. The number of carbonyl (C=O) groups excluding carboxylic acids is 2. The number of nitrogens with one attached hydrogen (secondary N) is 1. The molecule has 1 atom stereocenters. The van der Waals surface area contributed by atoms with Crippen LogP contribution in [0.15, 0.2) is 24.3 Å². The number of carbonyl (C=O) groups is 2. The first-order valence-electron chi connectivity index (χ1n) is 7.77. The molecule has 2 rings (SSSR count). The number of hydrogen-bond donors (Lipinski definition) is 1. The average molecular weight is 371 g/mol. The smallest absolute Gasteiger partial charge is 0.318 e. The van der Waals surface area contributed by atoms with Crippen LogP contribution in [0.25, 0.3) is 0 Å². The molecule has 1 aromatic carbocycles. The highest BCUT2D eigenvalue weighted by atomic mass is 35.5. The summed E-state index contributed by atoms with van der Waals surface area (Å²) in [6, 6.07) is 6.30. The highest BCUT2D eigenvalue weighted by Crippen LogP contribution is 2.20. The number of amides is 2. The van der Waals surface area contributed by atoms with Gasteiger partial charge in [0.25, 0.3) is 0 Å². The number of thioether (sulfide) groups is 1. The quantitative estimate of drug-likeness (QED) is 0.809. The molecule has 8 heteroatoms. The summed E-state index contributed by atoms with van der Waals surface area (Å²) in [7, 11) is 0. The van der Waals surface area contributed by atoms with Crippen molar-refractivity contribution in [2.24, 2.45) is 0 Å². The Balaban J connectivity index is 1.86. The van der Waals surface area contributed by atoms with Crippen molar-refractivity contribution in [3.63, 3.8) is 0 Å². The third-order valence-electron chi connectivity index (χ3n) is 3.93. The second-order valence-corrected chi connectivity index (χ2v) is 6.98. The molecule has 2 amide bonds. The summed E-state index contributed by atoms with van der Waals surface area (Å²) in [6.45, 7) is 2.41. The highest BCUT2D eigenvalue weighted by molar-refractivity contribution is 7.98. The van der Waals surface area contributed by atoms with Crippen LogP contribution < -0.4 is 15.3 Å². The van der Waals surface area contributed by atoms with Gasteiger partial charge in [0.05, 0.1) is 12.0 Å². The zero-order valence-corrected chi connectivity index (χ0v) is 15.1. The third-order valence-corrected chi connectivity index (χ3v) is 4.81. The molecular weight excluding hydrogens is 350 g/mol. The minimum atomic E-state index is -1.24. The Hall–Kier alpha value is -1.60. The summed E-state index contributed by atoms with van der Waals surface area (Å²) in [4.78, 5) is 27.2. The summed E-state index contributed by atoms with van der Waals surface area (Å²) in [6.07, 6.45) is 2.25. The molecule has 1 fully saturated rings. The van der Waals surface area contributed by atoms with E-state index in [1.807, 2.05) is 30.5 Å². The molecular formula is C16H21ClN3O3S-. The molecule has 0 aliphatic carbocycles. The second kappa shape index (κ2) is 9.03. The van der Waals surface area contributed by atoms with Crippen LogP contribution in [0.4, 0.5) is 10.5 Å². The maximum atomic E-state index is 12.3. The lowest BCUT2D eigenvalue weighted by Crippen LogP contribution is -2.56. The number of piperazine rings is 1. The van der Waals surface area contributed by atoms with Crippen molar-refractivity contribution in [3.8, 4) is 0 Å². The number of benzene rings is 1. The number of anilines is 1. The topological polar surface area (TPSA) is 75.7 Å². The third kappa shape index (κ3) is 5.21. The molecule has 132 valence electrons. The van der Waals surface area contributed by atoms with Gasteiger partial charge in [0.2, 0.25) is 0 Å². The van der Waals surface area contributed by atoms with Gasteiger partial charge in [0, 0.05) is 36.9 Å². The van der Waals surface area contributed by atoms with E-state index in [9.17, 15) is 14.7 Å². The average Bonchev–Trinajstić information content (AvgIpc) is 2.58. The number of hydrogen-bond acceptors (Lipinski definition) is 5. The number of rotatable bonds is 6. The van der Waals surface area contributed by atoms with Gasteiger partial charge in [-0.3, -0.25) is 0 Å². The van der Waals surface area contributed by atoms with Crippen LogP contribution in [0, 0.1) is 0 Å². The Morgan fingerprint density at radius 2 is 2.04 bits per heavy atom. The number of urea groups is 1. The first kappa shape index (κ1) is 18.7. The van der Waals surface area contributed by atoms with Crippen LogP contribution in [0.3, 0.4) is 0 Å². The highest BCUT2D eigenvalue weighted by Gasteiger charge is 2.23. The minimum absolute atomic E-state index is 0.351. The predicted molar refractivity (Wildman–Crippen MR) is 95.6 cm³/mol. The summed E-state index contributed by atoms with van der Waals surface area (Å²) in [5.74, 6) is -0.587. The van der Waals surface area contributed by atoms with Gasteiger partial charge in [-0.25, -0.2) is 4.79 Å². The number of nitrogens with zero attached hydrogens (tertiary/aromatic N) is 2. The standard InChI is InChI=1S/C16H22ClN3O3S/c1-24-10-5-14(15(21)22)18-16(23)20-8-6-19(7-9-20)13-4-2-3-12(17)11-13/h2-4,11,14H,5-10H2,1H3,(H,18,23)(H,21,22)/p-1/t14-/m0/s1. The number of carboxylic acids is 1. The summed E-state index contributed by atoms with van der Waals surface area (Å²) in [5, 5.41) is 14.4. The molecule has 0 unspecified atom stereocenters. The molecule has 0 aromatic heterocycles. The lowest BCUT2D eigenvalue weighted by molar-refractivity contribution is -0.308. The van der Waals surface area contributed by atoms with Gasteiger partial charge in [-0.2, -0.15) is 11.8 Å². The van der Waals surface area contributed by atoms with E-state index in [2.05, 4.69) is 10.2 Å². The Morgan fingerprint density at radius 1 is 1.33 bits per heavy atom. The van der Waals surface area contributed by atoms with E-state index in [1.165, 1.54) is 11.8 Å². The van der Waals surface area contributed by atoms with Crippen LogP contribution in [-0.2, 0) is 4.79 Å². The SMILES string of the molecule is CSCC[C@H](NC(=O)N1CCN(c2cccc(Cl)c2)CC1)C(=O)[O-]. The van der Waals surface area contributed by atoms with Gasteiger partial charge >= 0.3 is 6.03 Å². The lowest BCUT2D eigenvalue weighted by Gasteiger charge is -2.37. The molecule has 1 N–H and O–H groups in total. The lowest BCUT2D eigenvalue weighted by atomic mass is 10.2. The molecule has 1 aromatic rings. The van der Waals surface area contributed by atoms with Crippen molar-refractivity contribution in [2.75, 3.05) is 43.1 Å². The largest absolute Gasteiger partial charge is 0.548 e. The zero-order valence-electron chi connectivity index (χ0n) is 13.5. The van der Waals surface area contributed by atoms with Crippen molar-refractivity contribution in [1.29, 1.82) is 0 Å². The Labute approximate surface area is 151 Å². The molecule has 6 nitrogen and oxygen atoms in total. The van der Waals surface area contributed by atoms with E-state index in [1.54, 1.807) is 4.90 Å². The van der Waals surface area contributed by atoms with E-state index in [0.29, 0.717) is 43.4 Å². The van der Waals surface area contributed by atoms with Gasteiger partial charge in [0.15, 0.2) is 0 Å². The Kier molecular flexibility index (Phi) is 7.05. The van der Waals surface area contributed by atoms with Gasteiger partial charge in [-0.1, -0.05) is 17.7 Å². The van der Waals surface area contributed by atoms with Crippen molar-refractivity contribution in [1.82, 2.24) is 10.2 Å². The van der Waals surface area contributed by atoms with Gasteiger partial charge in [-0.05, 0) is 36.6 Å². The van der Waals surface area contributed by atoms with Gasteiger partial charge in [0.1, 0.15) is 0 Å². The molecule has 0 saturated carbocycles. The van der Waals surface area contributed by atoms with Crippen molar-refractivity contribution in [3.05, 3.63) is 29.3 Å². The summed E-state index contributed by atoms with van der Waals surface area (Å²) in [5.41, 5.74) is 1.02. The number of halogens is 1. The summed E-state index contributed by atoms with van der Waals surface area (Å²) < 4.78 is 0. The fourth-order valence-corrected chi connectivity index (χ4v) is 3.22. The molecule has 1 aliphatic heterocycles. The van der Waals surface area contributed by atoms with E-state index in [4.69, 9.17) is 11.6 Å². The van der Waals surface area contributed by atoms with Crippen LogP contribution in [-0.4, -0.2) is 61.1 Å². The van der Waals surface area contributed by atoms with E-state index < -0.39 is 12.0 Å². The van der Waals surface area contributed by atoms with Crippen molar-refractivity contribution < 1.29 is 14.7 Å². The summed E-state index contributed by atoms with van der Waals surface area (Å²) >= 11 is 7.54. The molecule has 0 radical (unpaired) electrons. The second-order valence-electron chi connectivity index (χ2n) is 5.56. The monoisotopic (exact) mass is 370 g/mol. The number of aliphatic carboxylic acids is 1. The van der Waals surface area contributed by atoms with Crippen molar-refractivity contribution >= 4 is 41.1 Å². The zero-order chi connectivity index (χ0) is 17.5. The van der Waals surface area contributed by atoms with Crippen LogP contribution in [0.5, 0.6) is 0 Å². The molecule has 24 heavy (non-hydrogen) atoms. The fourth-order valence-electron chi connectivity index (χ4n) is 2.57. The van der Waals surface area contributed by atoms with E-state index in [0.717, 1.165) is 5.69 Å².